The molecule has 0 spiro atoms. The summed E-state index contributed by atoms with van der Waals surface area (Å²) in [6, 6.07) is 0. The van der Waals surface area contributed by atoms with E-state index >= 15 is 0 Å². The smallest absolute Gasteiger partial charge is 0.256 e. The van der Waals surface area contributed by atoms with Crippen LogP contribution in [-0.4, -0.2) is 27.8 Å². The molecule has 0 saturated heterocycles. The fraction of sp³-hybridized carbons (Fsp3) is 1.00. The summed E-state index contributed by atoms with van der Waals surface area (Å²) in [7, 11) is 2.67. The van der Waals surface area contributed by atoms with Crippen LogP contribution in [0.15, 0.2) is 0 Å². The molecule has 0 aromatic rings. The van der Waals surface area contributed by atoms with E-state index in [2.05, 4.69) is 9.47 Å². The van der Waals surface area contributed by atoms with Crippen LogP contribution in [0.3, 0.4) is 0 Å². The van der Waals surface area contributed by atoms with Crippen LogP contribution in [0.5, 0.6) is 0 Å². The van der Waals surface area contributed by atoms with Crippen molar-refractivity contribution in [3.05, 3.63) is 0 Å². The summed E-state index contributed by atoms with van der Waals surface area (Å²) in [5.74, 6) is -0.524. The van der Waals surface area contributed by atoms with E-state index in [4.69, 9.17) is 10.7 Å². The molecule has 0 radical (unpaired) electrons. The predicted molar refractivity (Wildman–Crippen MR) is 37.2 cm³/mol. The number of halogens is 1. The topological polar surface area (TPSA) is 52.6 Å². The summed E-state index contributed by atoms with van der Waals surface area (Å²) in [5.41, 5.74) is 0. The maximum atomic E-state index is 10.2. The molecule has 62 valence electrons. The van der Waals surface area contributed by atoms with Crippen LogP contribution in [0.25, 0.3) is 0 Å². The Balaban J connectivity index is 3.56. The summed E-state index contributed by atoms with van der Waals surface area (Å²) in [4.78, 5) is 0. The Kier molecular flexibility index (Phi) is 4.19. The number of rotatable bonds is 4. The fourth-order valence-corrected chi connectivity index (χ4v) is 0.754. The lowest BCUT2D eigenvalue weighted by molar-refractivity contribution is -0.0949. The Labute approximate surface area is 64.5 Å². The van der Waals surface area contributed by atoms with Gasteiger partial charge in [0.15, 0.2) is 12.2 Å². The minimum Gasteiger partial charge on any atom is -0.356 e. The van der Waals surface area contributed by atoms with Crippen molar-refractivity contribution in [1.82, 2.24) is 0 Å². The molecule has 1 atom stereocenters. The Morgan fingerprint density at radius 1 is 1.60 bits per heavy atom. The van der Waals surface area contributed by atoms with Gasteiger partial charge in [0.2, 0.25) is 0 Å². The van der Waals surface area contributed by atoms with Crippen LogP contribution in [0.4, 0.5) is 0 Å². The highest BCUT2D eigenvalue weighted by atomic mass is 35.7. The van der Waals surface area contributed by atoms with E-state index in [9.17, 15) is 8.42 Å². The van der Waals surface area contributed by atoms with Crippen molar-refractivity contribution in [2.45, 2.75) is 13.2 Å². The van der Waals surface area contributed by atoms with E-state index in [1.165, 1.54) is 7.11 Å². The van der Waals surface area contributed by atoms with E-state index in [0.29, 0.717) is 0 Å². The zero-order valence-corrected chi connectivity index (χ0v) is 7.28. The van der Waals surface area contributed by atoms with Gasteiger partial charge in [-0.05, 0) is 6.92 Å². The molecular formula is C4H9ClO4S. The lowest BCUT2D eigenvalue weighted by atomic mass is 10.8. The maximum absolute atomic E-state index is 10.2. The van der Waals surface area contributed by atoms with Gasteiger partial charge in [0.1, 0.15) is 0 Å². The quantitative estimate of drug-likeness (QED) is 0.477. The molecule has 0 rings (SSSR count). The van der Waals surface area contributed by atoms with Gasteiger partial charge in [-0.15, -0.1) is 0 Å². The first-order chi connectivity index (χ1) is 4.45. The maximum Gasteiger partial charge on any atom is 0.256 e. The van der Waals surface area contributed by atoms with Gasteiger partial charge in [-0.1, -0.05) is 0 Å². The summed E-state index contributed by atoms with van der Waals surface area (Å²) >= 11 is 0. The lowest BCUT2D eigenvalue weighted by Crippen LogP contribution is -2.14. The molecule has 0 aliphatic heterocycles. The van der Waals surface area contributed by atoms with Crippen LogP contribution in [0.2, 0.25) is 0 Å². The van der Waals surface area contributed by atoms with Crippen molar-refractivity contribution in [1.29, 1.82) is 0 Å². The van der Waals surface area contributed by atoms with Gasteiger partial charge >= 0.3 is 0 Å². The van der Waals surface area contributed by atoms with Gasteiger partial charge in [0, 0.05) is 17.8 Å². The number of ether oxygens (including phenoxy) is 2. The summed E-state index contributed by atoms with van der Waals surface area (Å²) in [6.07, 6.45) is -0.548. The SMILES string of the molecule is COC(C)OCS(=O)(=O)Cl. The Hall–Kier alpha value is 0.160. The average molecular weight is 189 g/mol. The van der Waals surface area contributed by atoms with Crippen molar-refractivity contribution >= 4 is 19.7 Å². The second-order valence-electron chi connectivity index (χ2n) is 1.63. The highest BCUT2D eigenvalue weighted by Crippen LogP contribution is 1.99. The van der Waals surface area contributed by atoms with Gasteiger partial charge in [-0.2, -0.15) is 0 Å². The van der Waals surface area contributed by atoms with Crippen LogP contribution < -0.4 is 0 Å². The highest BCUT2D eigenvalue weighted by Gasteiger charge is 2.07. The zero-order valence-electron chi connectivity index (χ0n) is 5.70. The Morgan fingerprint density at radius 3 is 2.40 bits per heavy atom. The molecule has 0 amide bonds. The molecular weight excluding hydrogens is 180 g/mol. The second kappa shape index (κ2) is 4.12. The molecule has 0 fully saturated rings. The first kappa shape index (κ1) is 10.2. The third-order valence-corrected chi connectivity index (χ3v) is 1.46. The minimum absolute atomic E-state index is 0.524. The Morgan fingerprint density at radius 2 is 2.10 bits per heavy atom. The first-order valence-corrected chi connectivity index (χ1v) is 5.00. The zero-order chi connectivity index (χ0) is 8.20. The number of methoxy groups -OCH3 is 1. The third-order valence-electron chi connectivity index (χ3n) is 0.775. The molecule has 0 N–H and O–H groups in total. The van der Waals surface area contributed by atoms with Crippen LogP contribution in [-0.2, 0) is 18.5 Å². The molecule has 0 aromatic heterocycles. The van der Waals surface area contributed by atoms with Crippen LogP contribution >= 0.6 is 10.7 Å². The molecule has 4 nitrogen and oxygen atoms in total. The Bertz CT molecular complexity index is 176. The molecule has 0 aliphatic carbocycles. The summed E-state index contributed by atoms with van der Waals surface area (Å²) < 4.78 is 29.7. The van der Waals surface area contributed by atoms with Crippen molar-refractivity contribution in [2.75, 3.05) is 13.0 Å². The van der Waals surface area contributed by atoms with Gasteiger partial charge in [0.25, 0.3) is 9.05 Å². The van der Waals surface area contributed by atoms with Crippen LogP contribution in [0, 0.1) is 0 Å². The fourth-order valence-electron chi connectivity index (χ4n) is 0.245. The van der Waals surface area contributed by atoms with Gasteiger partial charge in [0.05, 0.1) is 0 Å². The highest BCUT2D eigenvalue weighted by molar-refractivity contribution is 8.13. The van der Waals surface area contributed by atoms with E-state index in [1.54, 1.807) is 6.92 Å². The van der Waals surface area contributed by atoms with Gasteiger partial charge in [-0.25, -0.2) is 8.42 Å². The summed E-state index contributed by atoms with van der Waals surface area (Å²) in [5, 5.41) is 0. The van der Waals surface area contributed by atoms with E-state index in [1.807, 2.05) is 0 Å². The van der Waals surface area contributed by atoms with Crippen molar-refractivity contribution in [3.8, 4) is 0 Å². The minimum atomic E-state index is -3.56. The molecule has 10 heavy (non-hydrogen) atoms. The molecule has 0 aromatic carbocycles. The molecule has 6 heteroatoms. The predicted octanol–water partition coefficient (Wildman–Crippen LogP) is 0.522. The molecule has 0 bridgehead atoms. The summed E-state index contributed by atoms with van der Waals surface area (Å²) in [6.45, 7) is 1.57. The number of hydrogen-bond donors (Lipinski definition) is 0. The molecule has 0 saturated carbocycles. The largest absolute Gasteiger partial charge is 0.356 e. The standard InChI is InChI=1S/C4H9ClO4S/c1-4(8-2)9-3-10(5,6)7/h4H,3H2,1-2H3. The second-order valence-corrected chi connectivity index (χ2v) is 4.35. The van der Waals surface area contributed by atoms with E-state index in [0.717, 1.165) is 0 Å². The normalized spacial score (nSPS) is 15.1. The number of hydrogen-bond acceptors (Lipinski definition) is 4. The molecule has 1 unspecified atom stereocenters. The third kappa shape index (κ3) is 6.28. The van der Waals surface area contributed by atoms with Crippen molar-refractivity contribution in [2.24, 2.45) is 0 Å². The van der Waals surface area contributed by atoms with Crippen molar-refractivity contribution < 1.29 is 17.9 Å². The van der Waals surface area contributed by atoms with Crippen LogP contribution in [0.1, 0.15) is 6.92 Å². The van der Waals surface area contributed by atoms with E-state index < -0.39 is 21.3 Å². The average Bonchev–Trinajstić information content (AvgIpc) is 1.81. The first-order valence-electron chi connectivity index (χ1n) is 2.52. The molecule has 0 heterocycles. The van der Waals surface area contributed by atoms with E-state index in [-0.39, 0.29) is 0 Å². The van der Waals surface area contributed by atoms with Gasteiger partial charge in [-0.3, -0.25) is 0 Å². The van der Waals surface area contributed by atoms with Gasteiger partial charge < -0.3 is 9.47 Å². The van der Waals surface area contributed by atoms with Crippen molar-refractivity contribution in [3.63, 3.8) is 0 Å². The monoisotopic (exact) mass is 188 g/mol. The molecule has 0 aliphatic rings. The lowest BCUT2D eigenvalue weighted by Gasteiger charge is -2.07.